The van der Waals surface area contributed by atoms with E-state index >= 15 is 0 Å². The number of hydrogen-bond donors (Lipinski definition) is 2. The van der Waals surface area contributed by atoms with Gasteiger partial charge in [-0.2, -0.15) is 5.26 Å². The zero-order chi connectivity index (χ0) is 22.5. The number of anilines is 1. The number of pyridine rings is 1. The van der Waals surface area contributed by atoms with Crippen LogP contribution in [-0.4, -0.2) is 46.5 Å². The third-order valence-corrected chi connectivity index (χ3v) is 6.45. The molecule has 0 spiro atoms. The minimum atomic E-state index is -1.02. The minimum Gasteiger partial charge on any atom is -0.481 e. The number of nitrogens with zero attached hydrogens (tertiary/aromatic N) is 3. The third kappa shape index (κ3) is 5.08. The molecule has 0 saturated carbocycles. The molecule has 32 heavy (non-hydrogen) atoms. The van der Waals surface area contributed by atoms with Crippen molar-refractivity contribution in [2.75, 3.05) is 25.0 Å². The Morgan fingerprint density at radius 1 is 1.31 bits per heavy atom. The standard InChI is InChI=1S/C25H28N4O3/c26-15-18-3-1-4-20(13-18)22(14-23(30)31)25(32)29-12-10-17(16-29)6-8-21-9-7-19-5-2-11-27-24(19)28-21/h1,3-4,7,9,13,17,22H,2,5-6,8,10-12,14,16H2,(H,27,28)(H,30,31)/t17-,22+/m1/s1. The number of carbonyl (C=O) groups excluding carboxylic acids is 1. The van der Waals surface area contributed by atoms with Crippen molar-refractivity contribution in [2.24, 2.45) is 5.92 Å². The molecule has 1 amide bonds. The Balaban J connectivity index is 1.38. The lowest BCUT2D eigenvalue weighted by Crippen LogP contribution is -2.34. The van der Waals surface area contributed by atoms with Crippen molar-refractivity contribution in [3.63, 3.8) is 0 Å². The molecular formula is C25H28N4O3. The number of aryl methyl sites for hydroxylation is 2. The van der Waals surface area contributed by atoms with Crippen molar-refractivity contribution >= 4 is 17.7 Å². The first-order valence-corrected chi connectivity index (χ1v) is 11.3. The number of carbonyl (C=O) groups is 2. The highest BCUT2D eigenvalue weighted by atomic mass is 16.4. The smallest absolute Gasteiger partial charge is 0.304 e. The van der Waals surface area contributed by atoms with Crippen molar-refractivity contribution in [1.82, 2.24) is 9.88 Å². The van der Waals surface area contributed by atoms with Crippen molar-refractivity contribution in [2.45, 2.75) is 44.4 Å². The van der Waals surface area contributed by atoms with Gasteiger partial charge in [-0.1, -0.05) is 18.2 Å². The number of aliphatic carboxylic acids is 1. The molecule has 1 fully saturated rings. The van der Waals surface area contributed by atoms with E-state index in [1.807, 2.05) is 0 Å². The highest BCUT2D eigenvalue weighted by Crippen LogP contribution is 2.29. The maximum atomic E-state index is 13.2. The fourth-order valence-electron chi connectivity index (χ4n) is 4.70. The quantitative estimate of drug-likeness (QED) is 0.695. The number of fused-ring (bicyclic) bond motifs is 1. The first-order valence-electron chi connectivity index (χ1n) is 11.3. The Kier molecular flexibility index (Phi) is 6.69. The van der Waals surface area contributed by atoms with Crippen LogP contribution in [0.3, 0.4) is 0 Å². The molecule has 2 aliphatic rings. The molecule has 2 aromatic rings. The van der Waals surface area contributed by atoms with Gasteiger partial charge in [-0.05, 0) is 67.3 Å². The first kappa shape index (κ1) is 21.8. The van der Waals surface area contributed by atoms with Crippen molar-refractivity contribution in [1.29, 1.82) is 5.26 Å². The van der Waals surface area contributed by atoms with Gasteiger partial charge in [0, 0.05) is 25.3 Å². The lowest BCUT2D eigenvalue weighted by atomic mass is 9.93. The van der Waals surface area contributed by atoms with Gasteiger partial charge in [0.2, 0.25) is 5.91 Å². The molecule has 166 valence electrons. The molecule has 2 N–H and O–H groups in total. The predicted octanol–water partition coefficient (Wildman–Crippen LogP) is 3.35. The number of rotatable bonds is 7. The van der Waals surface area contributed by atoms with Crippen LogP contribution in [0.25, 0.3) is 0 Å². The van der Waals surface area contributed by atoms with Gasteiger partial charge < -0.3 is 15.3 Å². The number of amides is 1. The lowest BCUT2D eigenvalue weighted by Gasteiger charge is -2.23. The van der Waals surface area contributed by atoms with E-state index in [2.05, 4.69) is 23.5 Å². The molecule has 2 aliphatic heterocycles. The van der Waals surface area contributed by atoms with E-state index in [0.717, 1.165) is 50.2 Å². The predicted molar refractivity (Wildman–Crippen MR) is 120 cm³/mol. The molecule has 3 heterocycles. The van der Waals surface area contributed by atoms with Crippen molar-refractivity contribution in [3.8, 4) is 6.07 Å². The van der Waals surface area contributed by atoms with Gasteiger partial charge in [0.1, 0.15) is 5.82 Å². The second-order valence-corrected chi connectivity index (χ2v) is 8.71. The summed E-state index contributed by atoms with van der Waals surface area (Å²) < 4.78 is 0. The van der Waals surface area contributed by atoms with Crippen LogP contribution in [-0.2, 0) is 22.4 Å². The fourth-order valence-corrected chi connectivity index (χ4v) is 4.70. The molecule has 2 atom stereocenters. The van der Waals surface area contributed by atoms with Crippen LogP contribution in [0.4, 0.5) is 5.82 Å². The molecule has 1 aromatic heterocycles. The second kappa shape index (κ2) is 9.82. The average Bonchev–Trinajstić information content (AvgIpc) is 3.29. The van der Waals surface area contributed by atoms with Gasteiger partial charge in [0.05, 0.1) is 24.0 Å². The van der Waals surface area contributed by atoms with Crippen LogP contribution in [0.5, 0.6) is 0 Å². The molecular weight excluding hydrogens is 404 g/mol. The summed E-state index contributed by atoms with van der Waals surface area (Å²) in [5.41, 5.74) is 3.37. The summed E-state index contributed by atoms with van der Waals surface area (Å²) in [4.78, 5) is 31.2. The number of carboxylic acid groups (broad SMARTS) is 1. The van der Waals surface area contributed by atoms with Gasteiger partial charge in [-0.3, -0.25) is 9.59 Å². The summed E-state index contributed by atoms with van der Waals surface area (Å²) in [5, 5.41) is 21.9. The first-order chi connectivity index (χ1) is 15.5. The normalized spacial score (nSPS) is 18.3. The van der Waals surface area contributed by atoms with E-state index in [0.29, 0.717) is 30.1 Å². The van der Waals surface area contributed by atoms with E-state index in [9.17, 15) is 14.7 Å². The number of likely N-dealkylation sites (tertiary alicyclic amines) is 1. The highest BCUT2D eigenvalue weighted by Gasteiger charge is 2.33. The average molecular weight is 433 g/mol. The zero-order valence-corrected chi connectivity index (χ0v) is 18.1. The zero-order valence-electron chi connectivity index (χ0n) is 18.1. The van der Waals surface area contributed by atoms with Crippen LogP contribution in [0.2, 0.25) is 0 Å². The summed E-state index contributed by atoms with van der Waals surface area (Å²) in [6, 6.07) is 13.0. The third-order valence-electron chi connectivity index (χ3n) is 6.45. The van der Waals surface area contributed by atoms with Gasteiger partial charge in [-0.25, -0.2) is 4.98 Å². The Hall–Kier alpha value is -3.40. The minimum absolute atomic E-state index is 0.166. The number of nitriles is 1. The monoisotopic (exact) mass is 432 g/mol. The molecule has 1 saturated heterocycles. The van der Waals surface area contributed by atoms with Crippen LogP contribution in [0.1, 0.15) is 54.0 Å². The maximum absolute atomic E-state index is 13.2. The Labute approximate surface area is 188 Å². The van der Waals surface area contributed by atoms with Gasteiger partial charge in [0.25, 0.3) is 0 Å². The molecule has 0 bridgehead atoms. The Bertz CT molecular complexity index is 1050. The van der Waals surface area contributed by atoms with E-state index in [-0.39, 0.29) is 12.3 Å². The highest BCUT2D eigenvalue weighted by molar-refractivity contribution is 5.88. The van der Waals surface area contributed by atoms with Gasteiger partial charge in [0.15, 0.2) is 0 Å². The van der Waals surface area contributed by atoms with Gasteiger partial charge >= 0.3 is 5.97 Å². The van der Waals surface area contributed by atoms with Crippen LogP contribution in [0, 0.1) is 17.2 Å². The Morgan fingerprint density at radius 2 is 2.19 bits per heavy atom. The van der Waals surface area contributed by atoms with E-state index in [1.165, 1.54) is 5.56 Å². The van der Waals surface area contributed by atoms with E-state index in [4.69, 9.17) is 10.2 Å². The number of aromatic nitrogens is 1. The molecule has 0 aliphatic carbocycles. The van der Waals surface area contributed by atoms with Crippen molar-refractivity contribution in [3.05, 3.63) is 58.8 Å². The fraction of sp³-hybridized carbons (Fsp3) is 0.440. The number of hydrogen-bond acceptors (Lipinski definition) is 5. The molecule has 0 radical (unpaired) electrons. The molecule has 7 heteroatoms. The molecule has 1 aromatic carbocycles. The summed E-state index contributed by atoms with van der Waals surface area (Å²) >= 11 is 0. The Morgan fingerprint density at radius 3 is 3.00 bits per heavy atom. The molecule has 4 rings (SSSR count). The van der Waals surface area contributed by atoms with Crippen LogP contribution < -0.4 is 5.32 Å². The summed E-state index contributed by atoms with van der Waals surface area (Å²) in [6.07, 6.45) is 4.66. The number of benzene rings is 1. The van der Waals surface area contributed by atoms with E-state index < -0.39 is 11.9 Å². The molecule has 7 nitrogen and oxygen atoms in total. The largest absolute Gasteiger partial charge is 0.481 e. The maximum Gasteiger partial charge on any atom is 0.304 e. The molecule has 0 unspecified atom stereocenters. The number of nitrogens with one attached hydrogen (secondary N) is 1. The second-order valence-electron chi connectivity index (χ2n) is 8.71. The van der Waals surface area contributed by atoms with E-state index in [1.54, 1.807) is 29.2 Å². The summed E-state index contributed by atoms with van der Waals surface area (Å²) in [5.74, 6) is -0.573. The summed E-state index contributed by atoms with van der Waals surface area (Å²) in [6.45, 7) is 2.24. The SMILES string of the molecule is N#Cc1cccc([C@H](CC(=O)O)C(=O)N2CC[C@@H](CCc3ccc4c(n3)NCCC4)C2)c1. The van der Waals surface area contributed by atoms with Crippen molar-refractivity contribution < 1.29 is 14.7 Å². The van der Waals surface area contributed by atoms with Crippen LogP contribution in [0.15, 0.2) is 36.4 Å². The number of carboxylic acids is 1. The van der Waals surface area contributed by atoms with Gasteiger partial charge in [-0.15, -0.1) is 0 Å². The summed E-state index contributed by atoms with van der Waals surface area (Å²) in [7, 11) is 0. The lowest BCUT2D eigenvalue weighted by molar-refractivity contribution is -0.141. The topological polar surface area (TPSA) is 106 Å². The van der Waals surface area contributed by atoms with Crippen LogP contribution >= 0.6 is 0 Å².